The van der Waals surface area contributed by atoms with Gasteiger partial charge in [0.25, 0.3) is 0 Å². The first kappa shape index (κ1) is 13.1. The highest BCUT2D eigenvalue weighted by atomic mass is 127. The molecular formula is C15H13IO2. The monoisotopic (exact) mass is 352 g/mol. The zero-order chi connectivity index (χ0) is 13.0. The average molecular weight is 352 g/mol. The van der Waals surface area contributed by atoms with Gasteiger partial charge in [0.1, 0.15) is 5.75 Å². The molecule has 0 bridgehead atoms. The number of esters is 1. The Bertz CT molecular complexity index is 547. The van der Waals surface area contributed by atoms with Crippen LogP contribution in [0, 0.1) is 3.57 Å². The van der Waals surface area contributed by atoms with E-state index in [0.717, 1.165) is 9.99 Å². The van der Waals surface area contributed by atoms with Crippen LogP contribution in [0.2, 0.25) is 0 Å². The SMILES string of the molecule is CCc1ccc(OC(=O)c2ccccc2I)cc1. The third-order valence-electron chi connectivity index (χ3n) is 2.64. The second-order valence-corrected chi connectivity index (χ2v) is 5.03. The van der Waals surface area contributed by atoms with Gasteiger partial charge in [-0.3, -0.25) is 0 Å². The number of ether oxygens (including phenoxy) is 1. The van der Waals surface area contributed by atoms with Crippen LogP contribution in [0.4, 0.5) is 0 Å². The van der Waals surface area contributed by atoms with Crippen LogP contribution in [0.15, 0.2) is 48.5 Å². The molecule has 0 heterocycles. The number of halogens is 1. The van der Waals surface area contributed by atoms with Crippen LogP contribution < -0.4 is 4.74 Å². The lowest BCUT2D eigenvalue weighted by atomic mass is 10.2. The normalized spacial score (nSPS) is 10.1. The van der Waals surface area contributed by atoms with Crippen molar-refractivity contribution in [2.75, 3.05) is 0 Å². The highest BCUT2D eigenvalue weighted by molar-refractivity contribution is 14.1. The predicted octanol–water partition coefficient (Wildman–Crippen LogP) is 4.07. The fourth-order valence-electron chi connectivity index (χ4n) is 1.58. The van der Waals surface area contributed by atoms with Crippen molar-refractivity contribution in [2.24, 2.45) is 0 Å². The molecule has 3 heteroatoms. The first-order valence-electron chi connectivity index (χ1n) is 5.76. The van der Waals surface area contributed by atoms with Gasteiger partial charge in [0, 0.05) is 3.57 Å². The number of aryl methyl sites for hydroxylation is 1. The standard InChI is InChI=1S/C15H13IO2/c1-2-11-7-9-12(10-8-11)18-15(17)13-5-3-4-6-14(13)16/h3-10H,2H2,1H3. The van der Waals surface area contributed by atoms with E-state index in [0.29, 0.717) is 11.3 Å². The molecule has 0 aliphatic rings. The van der Waals surface area contributed by atoms with Crippen molar-refractivity contribution in [3.8, 4) is 5.75 Å². The van der Waals surface area contributed by atoms with Crippen LogP contribution >= 0.6 is 22.6 Å². The van der Waals surface area contributed by atoms with E-state index in [2.05, 4.69) is 29.5 Å². The molecule has 0 atom stereocenters. The lowest BCUT2D eigenvalue weighted by Gasteiger charge is -2.06. The van der Waals surface area contributed by atoms with Crippen LogP contribution in [0.3, 0.4) is 0 Å². The van der Waals surface area contributed by atoms with E-state index in [4.69, 9.17) is 4.74 Å². The van der Waals surface area contributed by atoms with E-state index in [1.54, 1.807) is 6.07 Å². The molecule has 0 amide bonds. The maximum absolute atomic E-state index is 12.0. The molecule has 0 N–H and O–H groups in total. The Morgan fingerprint density at radius 2 is 1.78 bits per heavy atom. The number of hydrogen-bond donors (Lipinski definition) is 0. The second-order valence-electron chi connectivity index (χ2n) is 3.87. The summed E-state index contributed by atoms with van der Waals surface area (Å²) in [5.74, 6) is 0.265. The molecule has 0 aliphatic carbocycles. The van der Waals surface area contributed by atoms with Crippen LogP contribution in [0.5, 0.6) is 5.75 Å². The average Bonchev–Trinajstić information content (AvgIpc) is 2.40. The van der Waals surface area contributed by atoms with Crippen LogP contribution in [-0.2, 0) is 6.42 Å². The summed E-state index contributed by atoms with van der Waals surface area (Å²) in [5.41, 5.74) is 1.82. The Morgan fingerprint density at radius 1 is 1.11 bits per heavy atom. The van der Waals surface area contributed by atoms with E-state index in [-0.39, 0.29) is 5.97 Å². The number of carbonyl (C=O) groups excluding carboxylic acids is 1. The number of benzene rings is 2. The molecule has 0 radical (unpaired) electrons. The van der Waals surface area contributed by atoms with Gasteiger partial charge < -0.3 is 4.74 Å². The van der Waals surface area contributed by atoms with E-state index in [1.165, 1.54) is 5.56 Å². The fraction of sp³-hybridized carbons (Fsp3) is 0.133. The molecule has 0 saturated heterocycles. The fourth-order valence-corrected chi connectivity index (χ4v) is 2.19. The summed E-state index contributed by atoms with van der Waals surface area (Å²) in [5, 5.41) is 0. The van der Waals surface area contributed by atoms with Gasteiger partial charge in [-0.15, -0.1) is 0 Å². The van der Waals surface area contributed by atoms with Gasteiger partial charge in [-0.2, -0.15) is 0 Å². The van der Waals surface area contributed by atoms with Crippen LogP contribution in [-0.4, -0.2) is 5.97 Å². The molecule has 92 valence electrons. The van der Waals surface area contributed by atoms with E-state index < -0.39 is 0 Å². The Labute approximate surface area is 120 Å². The van der Waals surface area contributed by atoms with Crippen molar-refractivity contribution >= 4 is 28.6 Å². The maximum atomic E-state index is 12.0. The van der Waals surface area contributed by atoms with E-state index in [1.807, 2.05) is 42.5 Å². The van der Waals surface area contributed by atoms with Gasteiger partial charge in [0.2, 0.25) is 0 Å². The minimum absolute atomic E-state index is 0.316. The summed E-state index contributed by atoms with van der Waals surface area (Å²) >= 11 is 2.13. The molecule has 2 nitrogen and oxygen atoms in total. The Kier molecular flexibility index (Phi) is 4.36. The van der Waals surface area contributed by atoms with Gasteiger partial charge >= 0.3 is 5.97 Å². The number of carbonyl (C=O) groups is 1. The third-order valence-corrected chi connectivity index (χ3v) is 3.58. The van der Waals surface area contributed by atoms with E-state index in [9.17, 15) is 4.79 Å². The summed E-state index contributed by atoms with van der Waals surface area (Å²) in [6.07, 6.45) is 0.977. The highest BCUT2D eigenvalue weighted by Gasteiger charge is 2.11. The molecule has 2 aromatic carbocycles. The van der Waals surface area contributed by atoms with Crippen molar-refractivity contribution in [2.45, 2.75) is 13.3 Å². The van der Waals surface area contributed by atoms with Crippen molar-refractivity contribution in [3.63, 3.8) is 0 Å². The lowest BCUT2D eigenvalue weighted by Crippen LogP contribution is -2.10. The summed E-state index contributed by atoms with van der Waals surface area (Å²) < 4.78 is 6.23. The molecule has 2 aromatic rings. The van der Waals surface area contributed by atoms with Gasteiger partial charge in [0.15, 0.2) is 0 Å². The molecule has 0 saturated carbocycles. The minimum Gasteiger partial charge on any atom is -0.423 e. The summed E-state index contributed by atoms with van der Waals surface area (Å²) in [4.78, 5) is 12.0. The summed E-state index contributed by atoms with van der Waals surface area (Å²) in [7, 11) is 0. The predicted molar refractivity (Wildman–Crippen MR) is 79.9 cm³/mol. The van der Waals surface area contributed by atoms with E-state index >= 15 is 0 Å². The Balaban J connectivity index is 2.14. The summed E-state index contributed by atoms with van der Waals surface area (Å²) in [6, 6.07) is 15.0. The zero-order valence-corrected chi connectivity index (χ0v) is 12.2. The molecule has 0 aliphatic heterocycles. The van der Waals surface area contributed by atoms with Gasteiger partial charge in [0.05, 0.1) is 5.56 Å². The molecule has 18 heavy (non-hydrogen) atoms. The third kappa shape index (κ3) is 3.10. The zero-order valence-electron chi connectivity index (χ0n) is 10.0. The second kappa shape index (κ2) is 6.00. The smallest absolute Gasteiger partial charge is 0.344 e. The van der Waals surface area contributed by atoms with Crippen LogP contribution in [0.25, 0.3) is 0 Å². The van der Waals surface area contributed by atoms with Gasteiger partial charge in [-0.1, -0.05) is 31.2 Å². The maximum Gasteiger partial charge on any atom is 0.344 e. The quantitative estimate of drug-likeness (QED) is 0.473. The van der Waals surface area contributed by atoms with Crippen molar-refractivity contribution in [1.29, 1.82) is 0 Å². The van der Waals surface area contributed by atoms with Crippen molar-refractivity contribution in [3.05, 3.63) is 63.2 Å². The Hall–Kier alpha value is -1.36. The highest BCUT2D eigenvalue weighted by Crippen LogP contribution is 2.17. The Morgan fingerprint density at radius 3 is 2.39 bits per heavy atom. The largest absolute Gasteiger partial charge is 0.423 e. The topological polar surface area (TPSA) is 26.3 Å². The molecule has 0 unspecified atom stereocenters. The van der Waals surface area contributed by atoms with Crippen LogP contribution in [0.1, 0.15) is 22.8 Å². The molecule has 0 fully saturated rings. The molecule has 0 spiro atoms. The number of hydrogen-bond acceptors (Lipinski definition) is 2. The molecular weight excluding hydrogens is 339 g/mol. The lowest BCUT2D eigenvalue weighted by molar-refractivity contribution is 0.0733. The minimum atomic E-state index is -0.316. The van der Waals surface area contributed by atoms with Gasteiger partial charge in [-0.25, -0.2) is 4.79 Å². The first-order chi connectivity index (χ1) is 8.70. The molecule has 0 aromatic heterocycles. The van der Waals surface area contributed by atoms with Crippen molar-refractivity contribution in [1.82, 2.24) is 0 Å². The van der Waals surface area contributed by atoms with Crippen molar-refractivity contribution < 1.29 is 9.53 Å². The first-order valence-corrected chi connectivity index (χ1v) is 6.84. The molecule has 2 rings (SSSR count). The van der Waals surface area contributed by atoms with Gasteiger partial charge in [-0.05, 0) is 58.8 Å². The number of rotatable bonds is 3. The summed E-state index contributed by atoms with van der Waals surface area (Å²) in [6.45, 7) is 2.09.